The second kappa shape index (κ2) is 5.95. The van der Waals surface area contributed by atoms with Gasteiger partial charge in [-0.15, -0.1) is 4.40 Å². The summed E-state index contributed by atoms with van der Waals surface area (Å²) >= 11 is 5.91. The van der Waals surface area contributed by atoms with Gasteiger partial charge in [-0.1, -0.05) is 37.6 Å². The van der Waals surface area contributed by atoms with Crippen molar-refractivity contribution in [1.82, 2.24) is 4.90 Å². The topological polar surface area (TPSA) is 49.7 Å². The molecule has 2 aliphatic rings. The Morgan fingerprint density at radius 3 is 2.26 bits per heavy atom. The minimum atomic E-state index is -3.65. The summed E-state index contributed by atoms with van der Waals surface area (Å²) < 4.78 is 29.2. The molecule has 3 rings (SSSR count). The van der Waals surface area contributed by atoms with Crippen molar-refractivity contribution in [3.63, 3.8) is 0 Å². The van der Waals surface area contributed by atoms with Crippen LogP contribution in [0.1, 0.15) is 32.8 Å². The fraction of sp³-hybridized carbons (Fsp3) is 0.471. The zero-order chi connectivity index (χ0) is 16.8. The molecule has 0 spiro atoms. The molecule has 0 aliphatic carbocycles. The van der Waals surface area contributed by atoms with Crippen molar-refractivity contribution in [2.45, 2.75) is 27.2 Å². The van der Waals surface area contributed by atoms with Crippen LogP contribution in [-0.4, -0.2) is 32.2 Å². The molecule has 1 aromatic carbocycles. The minimum absolute atomic E-state index is 0.301. The molecular formula is C17H21ClN2O2S. The molecular weight excluding hydrogens is 332 g/mol. The van der Waals surface area contributed by atoms with Gasteiger partial charge in [-0.3, -0.25) is 0 Å². The summed E-state index contributed by atoms with van der Waals surface area (Å²) in [5.41, 5.74) is 1.37. The monoisotopic (exact) mass is 352 g/mol. The summed E-state index contributed by atoms with van der Waals surface area (Å²) in [5.74, 6) is 1.68. The molecule has 0 bridgehead atoms. The normalized spacial score (nSPS) is 27.3. The Hall–Kier alpha value is -1.33. The molecule has 2 atom stereocenters. The van der Waals surface area contributed by atoms with E-state index in [0.29, 0.717) is 33.2 Å². The Bertz CT molecular complexity index is 771. The fourth-order valence-corrected chi connectivity index (χ4v) is 5.23. The lowest BCUT2D eigenvalue weighted by atomic mass is 9.91. The van der Waals surface area contributed by atoms with Crippen molar-refractivity contribution < 1.29 is 8.42 Å². The predicted molar refractivity (Wildman–Crippen MR) is 94.9 cm³/mol. The Morgan fingerprint density at radius 2 is 1.70 bits per heavy atom. The van der Waals surface area contributed by atoms with E-state index in [1.165, 1.54) is 6.42 Å². The summed E-state index contributed by atoms with van der Waals surface area (Å²) in [4.78, 5) is 2.42. The predicted octanol–water partition coefficient (Wildman–Crippen LogP) is 3.79. The van der Waals surface area contributed by atoms with E-state index in [0.717, 1.165) is 18.7 Å². The van der Waals surface area contributed by atoms with E-state index >= 15 is 0 Å². The lowest BCUT2D eigenvalue weighted by Crippen LogP contribution is -2.42. The third-order valence-corrected chi connectivity index (χ3v) is 6.14. The van der Waals surface area contributed by atoms with Crippen molar-refractivity contribution in [3.8, 4) is 0 Å². The van der Waals surface area contributed by atoms with Crippen LogP contribution in [0.15, 0.2) is 34.2 Å². The zero-order valence-corrected chi connectivity index (χ0v) is 15.2. The third kappa shape index (κ3) is 3.17. The van der Waals surface area contributed by atoms with Crippen molar-refractivity contribution in [1.29, 1.82) is 0 Å². The summed E-state index contributed by atoms with van der Waals surface area (Å²) in [6.07, 6.45) is 1.17. The zero-order valence-electron chi connectivity index (χ0n) is 13.6. The number of sulfonamides is 1. The summed E-state index contributed by atoms with van der Waals surface area (Å²) in [5, 5.41) is 0.585. The van der Waals surface area contributed by atoms with Gasteiger partial charge in [-0.2, -0.15) is 8.42 Å². The van der Waals surface area contributed by atoms with Crippen molar-refractivity contribution in [2.75, 3.05) is 13.1 Å². The number of rotatable bonds is 1. The molecule has 6 heteroatoms. The molecule has 0 amide bonds. The standard InChI is InChI=1S/C17H21ClN2O2S/c1-11-8-12(2)10-20(9-11)17-13(3)16(23(21,22)19-17)14-4-6-15(18)7-5-14/h4-7,11-12H,8-10H2,1-3H3. The molecule has 0 aromatic heterocycles. The summed E-state index contributed by atoms with van der Waals surface area (Å²) in [6, 6.07) is 6.88. The van der Waals surface area contributed by atoms with Gasteiger partial charge in [0.1, 0.15) is 10.7 Å². The number of nitrogens with zero attached hydrogens (tertiary/aromatic N) is 2. The highest BCUT2D eigenvalue weighted by molar-refractivity contribution is 8.00. The van der Waals surface area contributed by atoms with Gasteiger partial charge in [0.05, 0.1) is 0 Å². The van der Waals surface area contributed by atoms with Gasteiger partial charge < -0.3 is 4.90 Å². The van der Waals surface area contributed by atoms with Crippen LogP contribution < -0.4 is 0 Å². The Balaban J connectivity index is 2.01. The Labute approximate surface area is 142 Å². The fourth-order valence-electron chi connectivity index (χ4n) is 3.62. The lowest BCUT2D eigenvalue weighted by molar-refractivity contribution is 0.214. The molecule has 4 nitrogen and oxygen atoms in total. The van der Waals surface area contributed by atoms with Crippen molar-refractivity contribution >= 4 is 32.4 Å². The first-order valence-electron chi connectivity index (χ1n) is 7.85. The molecule has 0 N–H and O–H groups in total. The number of hydrogen-bond donors (Lipinski definition) is 0. The maximum absolute atomic E-state index is 12.6. The molecule has 1 aromatic rings. The van der Waals surface area contributed by atoms with Gasteiger partial charge in [-0.25, -0.2) is 0 Å². The van der Waals surface area contributed by atoms with Crippen molar-refractivity contribution in [2.24, 2.45) is 16.2 Å². The van der Waals surface area contributed by atoms with Crippen LogP contribution in [0.3, 0.4) is 0 Å². The highest BCUT2D eigenvalue weighted by Gasteiger charge is 2.35. The largest absolute Gasteiger partial charge is 0.355 e. The van der Waals surface area contributed by atoms with Crippen LogP contribution in [0, 0.1) is 11.8 Å². The van der Waals surface area contributed by atoms with Gasteiger partial charge in [0, 0.05) is 23.7 Å². The summed E-state index contributed by atoms with van der Waals surface area (Å²) in [7, 11) is -3.65. The third-order valence-electron chi connectivity index (χ3n) is 4.42. The number of hydrogen-bond acceptors (Lipinski definition) is 3. The number of benzene rings is 1. The first-order chi connectivity index (χ1) is 10.8. The lowest BCUT2D eigenvalue weighted by Gasteiger charge is -2.36. The number of piperidine rings is 1. The van der Waals surface area contributed by atoms with Crippen LogP contribution in [0.4, 0.5) is 0 Å². The highest BCUT2D eigenvalue weighted by Crippen LogP contribution is 2.35. The van der Waals surface area contributed by atoms with E-state index in [9.17, 15) is 8.42 Å². The molecule has 1 saturated heterocycles. The van der Waals surface area contributed by atoms with E-state index < -0.39 is 10.0 Å². The van der Waals surface area contributed by atoms with Crippen molar-refractivity contribution in [3.05, 3.63) is 40.4 Å². The number of amidine groups is 1. The average Bonchev–Trinajstić information content (AvgIpc) is 2.69. The highest BCUT2D eigenvalue weighted by atomic mass is 35.5. The van der Waals surface area contributed by atoms with Gasteiger partial charge in [0.2, 0.25) is 0 Å². The Morgan fingerprint density at radius 1 is 1.13 bits per heavy atom. The minimum Gasteiger partial charge on any atom is -0.355 e. The van der Waals surface area contributed by atoms with Gasteiger partial charge in [0.15, 0.2) is 0 Å². The van der Waals surface area contributed by atoms with E-state index in [1.54, 1.807) is 24.3 Å². The van der Waals surface area contributed by atoms with E-state index in [2.05, 4.69) is 23.1 Å². The maximum Gasteiger partial charge on any atom is 0.285 e. The maximum atomic E-state index is 12.6. The summed E-state index contributed by atoms with van der Waals surface area (Å²) in [6.45, 7) is 7.95. The van der Waals surface area contributed by atoms with E-state index in [1.807, 2.05) is 6.92 Å². The van der Waals surface area contributed by atoms with E-state index in [4.69, 9.17) is 11.6 Å². The number of halogens is 1. The van der Waals surface area contributed by atoms with Gasteiger partial charge in [0.25, 0.3) is 10.0 Å². The number of likely N-dealkylation sites (tertiary alicyclic amines) is 1. The molecule has 0 saturated carbocycles. The molecule has 1 fully saturated rings. The molecule has 0 radical (unpaired) electrons. The second-order valence-electron chi connectivity index (χ2n) is 6.70. The van der Waals surface area contributed by atoms with Crippen LogP contribution in [0.2, 0.25) is 5.02 Å². The van der Waals surface area contributed by atoms with Gasteiger partial charge in [-0.05, 0) is 42.9 Å². The smallest absolute Gasteiger partial charge is 0.285 e. The molecule has 2 unspecified atom stereocenters. The average molecular weight is 353 g/mol. The molecule has 2 heterocycles. The first-order valence-corrected chi connectivity index (χ1v) is 9.67. The first kappa shape index (κ1) is 16.5. The van der Waals surface area contributed by atoms with Crippen LogP contribution in [0.25, 0.3) is 4.91 Å². The van der Waals surface area contributed by atoms with Gasteiger partial charge >= 0.3 is 0 Å². The van der Waals surface area contributed by atoms with Crippen LogP contribution >= 0.6 is 11.6 Å². The SMILES string of the molecule is CC1=C(c2ccc(Cl)cc2)S(=O)(=O)N=C1N1CC(C)CC(C)C1. The van der Waals surface area contributed by atoms with Crippen LogP contribution in [0.5, 0.6) is 0 Å². The van der Waals surface area contributed by atoms with Crippen LogP contribution in [-0.2, 0) is 10.0 Å². The molecule has 124 valence electrons. The molecule has 2 aliphatic heterocycles. The quantitative estimate of drug-likeness (QED) is 0.772. The second-order valence-corrected chi connectivity index (χ2v) is 8.68. The van der Waals surface area contributed by atoms with E-state index in [-0.39, 0.29) is 0 Å². The molecule has 23 heavy (non-hydrogen) atoms. The Kier molecular flexibility index (Phi) is 4.27.